The quantitative estimate of drug-likeness (QED) is 0.296. The highest BCUT2D eigenvalue weighted by molar-refractivity contribution is 7.80. The third kappa shape index (κ3) is 8.27. The molecule has 2 unspecified atom stereocenters. The maximum atomic E-state index is 13.6. The fraction of sp³-hybridized carbons (Fsp3) is 0.440. The van der Waals surface area contributed by atoms with Crippen LogP contribution in [0.2, 0.25) is 0 Å². The topological polar surface area (TPSA) is 132 Å². The number of aliphatic carboxylic acids is 1. The molecule has 0 bridgehead atoms. The van der Waals surface area contributed by atoms with Crippen molar-refractivity contribution in [1.82, 2.24) is 10.3 Å². The molecule has 0 spiro atoms. The molecule has 1 aromatic carbocycles. The van der Waals surface area contributed by atoms with E-state index in [2.05, 4.69) is 22.9 Å². The van der Waals surface area contributed by atoms with Crippen LogP contribution < -0.4 is 11.1 Å². The summed E-state index contributed by atoms with van der Waals surface area (Å²) in [5.41, 5.74) is 8.05. The van der Waals surface area contributed by atoms with Crippen molar-refractivity contribution >= 4 is 30.4 Å². The Morgan fingerprint density at radius 2 is 1.86 bits per heavy atom. The number of thiol groups is 1. The standard InChI is InChI=1S/C23H29N3O3S.C2HF3O2/c1-16-4-2-3-5-18(16)12-23(22(28)29-14-17-6-9-25-10-7-17)8-11-26-13-19(23)21(27)20(24)15-30;3-2(4,5)1(6)7/h2-7,9-10,19-20,26,30H,8,11-15,24H2,1H3;(H,6,7)/t19?,20-,23?;/m0./s1. The number of piperidine rings is 1. The molecule has 202 valence electrons. The van der Waals surface area contributed by atoms with Crippen molar-refractivity contribution < 1.29 is 37.4 Å². The second kappa shape index (κ2) is 13.5. The number of halogens is 3. The van der Waals surface area contributed by atoms with E-state index < -0.39 is 29.5 Å². The third-order valence-corrected chi connectivity index (χ3v) is 6.60. The average molecular weight is 542 g/mol. The number of aromatic nitrogens is 1. The first kappa shape index (κ1) is 30.3. The van der Waals surface area contributed by atoms with E-state index in [9.17, 15) is 22.8 Å². The summed E-state index contributed by atoms with van der Waals surface area (Å²) in [5.74, 6) is -3.59. The largest absolute Gasteiger partial charge is 0.490 e. The van der Waals surface area contributed by atoms with Crippen LogP contribution in [0.4, 0.5) is 13.2 Å². The molecule has 1 aliphatic heterocycles. The maximum Gasteiger partial charge on any atom is 0.490 e. The second-order valence-corrected chi connectivity index (χ2v) is 9.06. The molecule has 12 heteroatoms. The number of nitrogens with two attached hydrogens (primary N) is 1. The Kier molecular flexibility index (Phi) is 11.1. The fourth-order valence-corrected chi connectivity index (χ4v) is 4.28. The maximum absolute atomic E-state index is 13.6. The molecule has 0 amide bonds. The van der Waals surface area contributed by atoms with E-state index in [1.165, 1.54) is 0 Å². The molecular formula is C25H30F3N3O5S. The number of Topliss-reactive ketones (excluding diaryl/α,β-unsaturated/α-hetero) is 1. The predicted octanol–water partition coefficient (Wildman–Crippen LogP) is 2.73. The molecule has 1 fully saturated rings. The lowest BCUT2D eigenvalue weighted by Crippen LogP contribution is -2.57. The van der Waals surface area contributed by atoms with E-state index >= 15 is 0 Å². The zero-order valence-electron chi connectivity index (χ0n) is 20.2. The summed E-state index contributed by atoms with van der Waals surface area (Å²) in [5, 5.41) is 10.4. The number of hydrogen-bond donors (Lipinski definition) is 4. The van der Waals surface area contributed by atoms with Crippen molar-refractivity contribution in [3.8, 4) is 0 Å². The summed E-state index contributed by atoms with van der Waals surface area (Å²) in [6.07, 6.45) is -0.817. The Balaban J connectivity index is 0.000000604. The number of esters is 1. The lowest BCUT2D eigenvalue weighted by molar-refractivity contribution is -0.192. The number of carboxylic acids is 1. The molecule has 3 atom stereocenters. The molecule has 4 N–H and O–H groups in total. The van der Waals surface area contributed by atoms with E-state index in [1.807, 2.05) is 43.3 Å². The molecular weight excluding hydrogens is 511 g/mol. The second-order valence-electron chi connectivity index (χ2n) is 8.69. The molecule has 0 saturated carbocycles. The highest BCUT2D eigenvalue weighted by atomic mass is 32.1. The van der Waals surface area contributed by atoms with Crippen LogP contribution in [0.5, 0.6) is 0 Å². The summed E-state index contributed by atoms with van der Waals surface area (Å²) >= 11 is 4.20. The minimum atomic E-state index is -5.08. The van der Waals surface area contributed by atoms with E-state index in [0.29, 0.717) is 25.9 Å². The number of pyridine rings is 1. The van der Waals surface area contributed by atoms with Gasteiger partial charge in [0.25, 0.3) is 0 Å². The minimum absolute atomic E-state index is 0.143. The Morgan fingerprint density at radius 3 is 2.43 bits per heavy atom. The predicted molar refractivity (Wildman–Crippen MR) is 133 cm³/mol. The van der Waals surface area contributed by atoms with Gasteiger partial charge in [-0.1, -0.05) is 24.3 Å². The molecule has 1 aromatic heterocycles. The summed E-state index contributed by atoms with van der Waals surface area (Å²) < 4.78 is 37.5. The molecule has 0 aliphatic carbocycles. The Labute approximate surface area is 218 Å². The van der Waals surface area contributed by atoms with Gasteiger partial charge in [-0.2, -0.15) is 25.8 Å². The summed E-state index contributed by atoms with van der Waals surface area (Å²) in [4.78, 5) is 39.6. The van der Waals surface area contributed by atoms with Gasteiger partial charge in [0.05, 0.1) is 11.5 Å². The number of benzene rings is 1. The number of nitrogens with zero attached hydrogens (tertiary/aromatic N) is 1. The number of carboxylic acid groups (broad SMARTS) is 1. The lowest BCUT2D eigenvalue weighted by Gasteiger charge is -2.42. The normalized spacial score (nSPS) is 20.2. The van der Waals surface area contributed by atoms with Gasteiger partial charge in [0.1, 0.15) is 6.61 Å². The first-order valence-corrected chi connectivity index (χ1v) is 12.1. The summed E-state index contributed by atoms with van der Waals surface area (Å²) in [6.45, 7) is 3.19. The van der Waals surface area contributed by atoms with Crippen LogP contribution >= 0.6 is 12.6 Å². The van der Waals surface area contributed by atoms with Crippen LogP contribution in [0, 0.1) is 18.3 Å². The highest BCUT2D eigenvalue weighted by Crippen LogP contribution is 2.41. The van der Waals surface area contributed by atoms with Gasteiger partial charge in [-0.3, -0.25) is 14.6 Å². The van der Waals surface area contributed by atoms with Crippen molar-refractivity contribution in [3.05, 3.63) is 65.5 Å². The lowest BCUT2D eigenvalue weighted by atomic mass is 9.64. The van der Waals surface area contributed by atoms with Gasteiger partial charge in [0, 0.05) is 30.6 Å². The van der Waals surface area contributed by atoms with Gasteiger partial charge in [-0.15, -0.1) is 0 Å². The number of aryl methyl sites for hydroxylation is 1. The Bertz CT molecular complexity index is 1070. The number of alkyl halides is 3. The first-order valence-electron chi connectivity index (χ1n) is 11.4. The zero-order valence-corrected chi connectivity index (χ0v) is 21.1. The van der Waals surface area contributed by atoms with Crippen molar-refractivity contribution in [1.29, 1.82) is 0 Å². The van der Waals surface area contributed by atoms with Crippen molar-refractivity contribution in [3.63, 3.8) is 0 Å². The van der Waals surface area contributed by atoms with E-state index in [-0.39, 0.29) is 24.1 Å². The van der Waals surface area contributed by atoms with Gasteiger partial charge in [0.15, 0.2) is 5.78 Å². The number of rotatable bonds is 8. The molecule has 8 nitrogen and oxygen atoms in total. The minimum Gasteiger partial charge on any atom is -0.475 e. The van der Waals surface area contributed by atoms with Gasteiger partial charge < -0.3 is 20.9 Å². The van der Waals surface area contributed by atoms with Crippen molar-refractivity contribution in [2.75, 3.05) is 18.8 Å². The number of ether oxygens (including phenoxy) is 1. The number of carbonyl (C=O) groups is 3. The number of carbonyl (C=O) groups excluding carboxylic acids is 2. The van der Waals surface area contributed by atoms with E-state index in [0.717, 1.165) is 16.7 Å². The number of nitrogens with one attached hydrogen (secondary N) is 1. The zero-order chi connectivity index (χ0) is 27.6. The van der Waals surface area contributed by atoms with Crippen molar-refractivity contribution in [2.24, 2.45) is 17.1 Å². The van der Waals surface area contributed by atoms with Gasteiger partial charge in [-0.25, -0.2) is 4.79 Å². The molecule has 0 radical (unpaired) electrons. The van der Waals surface area contributed by atoms with Gasteiger partial charge in [0.2, 0.25) is 0 Å². The van der Waals surface area contributed by atoms with Crippen LogP contribution in [0.3, 0.4) is 0 Å². The van der Waals surface area contributed by atoms with Gasteiger partial charge in [-0.05, 0) is 55.1 Å². The number of hydrogen-bond acceptors (Lipinski definition) is 8. The van der Waals surface area contributed by atoms with E-state index in [4.69, 9.17) is 20.4 Å². The Morgan fingerprint density at radius 1 is 1.24 bits per heavy atom. The van der Waals surface area contributed by atoms with Crippen LogP contribution in [0.25, 0.3) is 0 Å². The van der Waals surface area contributed by atoms with Gasteiger partial charge >= 0.3 is 18.1 Å². The SMILES string of the molecule is Cc1ccccc1CC1(C(=O)OCc2ccncc2)CCNCC1C(=O)[C@@H](N)CS.O=C(O)C(F)(F)F. The third-order valence-electron chi connectivity index (χ3n) is 6.20. The van der Waals surface area contributed by atoms with Crippen LogP contribution in [-0.2, 0) is 32.1 Å². The molecule has 2 heterocycles. The van der Waals surface area contributed by atoms with Crippen LogP contribution in [0.15, 0.2) is 48.8 Å². The summed E-state index contributed by atoms with van der Waals surface area (Å²) in [6, 6.07) is 10.8. The molecule has 3 rings (SSSR count). The smallest absolute Gasteiger partial charge is 0.475 e. The van der Waals surface area contributed by atoms with Crippen molar-refractivity contribution in [2.45, 2.75) is 38.6 Å². The molecule has 1 saturated heterocycles. The molecule has 2 aromatic rings. The fourth-order valence-electron chi connectivity index (χ4n) is 4.10. The highest BCUT2D eigenvalue weighted by Gasteiger charge is 2.52. The van der Waals surface area contributed by atoms with Crippen LogP contribution in [0.1, 0.15) is 23.1 Å². The number of ketones is 1. The molecule has 1 aliphatic rings. The first-order chi connectivity index (χ1) is 17.4. The Hall–Kier alpha value is -2.96. The summed E-state index contributed by atoms with van der Waals surface area (Å²) in [7, 11) is 0. The molecule has 37 heavy (non-hydrogen) atoms. The van der Waals surface area contributed by atoms with E-state index in [1.54, 1.807) is 12.4 Å². The average Bonchev–Trinajstić information content (AvgIpc) is 2.88. The monoisotopic (exact) mass is 541 g/mol. The van der Waals surface area contributed by atoms with Crippen LogP contribution in [-0.4, -0.2) is 58.9 Å².